The van der Waals surface area contributed by atoms with Crippen molar-refractivity contribution in [2.75, 3.05) is 57.4 Å². The molecule has 2 amide bonds. The summed E-state index contributed by atoms with van der Waals surface area (Å²) in [6.45, 7) is 8.43. The van der Waals surface area contributed by atoms with Crippen LogP contribution in [-0.2, 0) is 9.53 Å². The molecule has 2 aromatic rings. The lowest BCUT2D eigenvalue weighted by atomic mass is 10.0. The Kier molecular flexibility index (Phi) is 6.06. The number of hydrogen-bond acceptors (Lipinski definition) is 7. The lowest BCUT2D eigenvalue weighted by Crippen LogP contribution is -2.57. The number of pyridine rings is 1. The first kappa shape index (κ1) is 23.1. The standard InChI is InChI=1S/C25H27FN4O5/c1-3-19(32)29-7-8-30-16(13-29)14-35-23-15(2)22(20-17(26)5-4-6-18(20)31)27-24(21(23)25(30)33)28-9-11-34-12-10-28/h3-6,16,31H,1,7-14H2,2H3/t16-/m1/s1. The molecule has 0 aliphatic carbocycles. The van der Waals surface area contributed by atoms with Gasteiger partial charge in [0, 0.05) is 38.3 Å². The van der Waals surface area contributed by atoms with Gasteiger partial charge in [0.05, 0.1) is 30.5 Å². The Balaban J connectivity index is 1.65. The van der Waals surface area contributed by atoms with Crippen molar-refractivity contribution in [3.8, 4) is 22.8 Å². The Morgan fingerprint density at radius 2 is 2.00 bits per heavy atom. The molecule has 1 aromatic heterocycles. The summed E-state index contributed by atoms with van der Waals surface area (Å²) in [4.78, 5) is 36.2. The van der Waals surface area contributed by atoms with E-state index < -0.39 is 5.82 Å². The third kappa shape index (κ3) is 3.97. The minimum Gasteiger partial charge on any atom is -0.507 e. The van der Waals surface area contributed by atoms with Crippen LogP contribution in [0.1, 0.15) is 15.9 Å². The van der Waals surface area contributed by atoms with E-state index in [0.29, 0.717) is 68.6 Å². The maximum atomic E-state index is 14.9. The second-order valence-corrected chi connectivity index (χ2v) is 8.80. The fourth-order valence-corrected chi connectivity index (χ4v) is 4.93. The molecular weight excluding hydrogens is 455 g/mol. The summed E-state index contributed by atoms with van der Waals surface area (Å²) < 4.78 is 26.6. The molecule has 1 aromatic carbocycles. The second-order valence-electron chi connectivity index (χ2n) is 8.80. The number of amides is 2. The van der Waals surface area contributed by atoms with E-state index in [1.54, 1.807) is 16.7 Å². The number of phenolic OH excluding ortho intramolecular Hbond substituents is 1. The van der Waals surface area contributed by atoms with Crippen molar-refractivity contribution in [2.45, 2.75) is 13.0 Å². The molecule has 9 nitrogen and oxygen atoms in total. The van der Waals surface area contributed by atoms with Crippen molar-refractivity contribution in [1.82, 2.24) is 14.8 Å². The first-order valence-corrected chi connectivity index (χ1v) is 11.6. The van der Waals surface area contributed by atoms with Crippen LogP contribution in [0.3, 0.4) is 0 Å². The molecule has 3 aliphatic rings. The number of morpholine rings is 1. The minimum atomic E-state index is -0.621. The number of benzene rings is 1. The maximum absolute atomic E-state index is 14.9. The van der Waals surface area contributed by atoms with Gasteiger partial charge in [-0.05, 0) is 25.1 Å². The van der Waals surface area contributed by atoms with Crippen molar-refractivity contribution >= 4 is 17.6 Å². The molecule has 0 unspecified atom stereocenters. The van der Waals surface area contributed by atoms with Gasteiger partial charge in [0.15, 0.2) is 0 Å². The average Bonchev–Trinajstić information content (AvgIpc) is 3.02. The van der Waals surface area contributed by atoms with Crippen LogP contribution in [0, 0.1) is 12.7 Å². The summed E-state index contributed by atoms with van der Waals surface area (Å²) in [6, 6.07) is 3.73. The van der Waals surface area contributed by atoms with Crippen LogP contribution in [0.4, 0.5) is 10.2 Å². The zero-order valence-electron chi connectivity index (χ0n) is 19.5. The zero-order valence-corrected chi connectivity index (χ0v) is 19.5. The number of fused-ring (bicyclic) bond motifs is 2. The summed E-state index contributed by atoms with van der Waals surface area (Å²) in [7, 11) is 0. The van der Waals surface area contributed by atoms with Crippen LogP contribution in [-0.4, -0.2) is 90.3 Å². The first-order chi connectivity index (χ1) is 16.9. The number of rotatable bonds is 3. The monoisotopic (exact) mass is 482 g/mol. The molecule has 5 rings (SSSR count). The highest BCUT2D eigenvalue weighted by atomic mass is 19.1. The lowest BCUT2D eigenvalue weighted by molar-refractivity contribution is -0.128. The highest BCUT2D eigenvalue weighted by Crippen LogP contribution is 2.43. The maximum Gasteiger partial charge on any atom is 0.261 e. The van der Waals surface area contributed by atoms with Gasteiger partial charge >= 0.3 is 0 Å². The summed E-state index contributed by atoms with van der Waals surface area (Å²) in [6.07, 6.45) is 1.27. The number of aromatic nitrogens is 1. The van der Waals surface area contributed by atoms with E-state index in [0.717, 1.165) is 0 Å². The SMILES string of the molecule is C=CC(=O)N1CCN2C(=O)c3c(N4CCOCC4)nc(-c4c(O)cccc4F)c(C)c3OC[C@H]2C1. The molecule has 3 aliphatic heterocycles. The predicted octanol–water partition coefficient (Wildman–Crippen LogP) is 1.97. The van der Waals surface area contributed by atoms with Crippen LogP contribution in [0.25, 0.3) is 11.3 Å². The molecule has 184 valence electrons. The van der Waals surface area contributed by atoms with Crippen LogP contribution >= 0.6 is 0 Å². The van der Waals surface area contributed by atoms with Gasteiger partial charge in [-0.1, -0.05) is 12.6 Å². The molecular formula is C25H27FN4O5. The molecule has 0 saturated carbocycles. The van der Waals surface area contributed by atoms with Gasteiger partial charge in [-0.2, -0.15) is 0 Å². The second kappa shape index (κ2) is 9.18. The summed E-state index contributed by atoms with van der Waals surface area (Å²) in [5.41, 5.74) is 0.958. The number of phenols is 1. The fourth-order valence-electron chi connectivity index (χ4n) is 4.93. The van der Waals surface area contributed by atoms with Gasteiger partial charge in [0.1, 0.15) is 35.3 Å². The number of anilines is 1. The molecule has 0 bridgehead atoms. The lowest BCUT2D eigenvalue weighted by Gasteiger charge is -2.39. The van der Waals surface area contributed by atoms with Gasteiger partial charge in [-0.15, -0.1) is 0 Å². The smallest absolute Gasteiger partial charge is 0.261 e. The number of hydrogen-bond donors (Lipinski definition) is 1. The predicted molar refractivity (Wildman–Crippen MR) is 126 cm³/mol. The van der Waals surface area contributed by atoms with Crippen molar-refractivity contribution in [1.29, 1.82) is 0 Å². The Morgan fingerprint density at radius 3 is 2.71 bits per heavy atom. The Labute approximate surface area is 202 Å². The molecule has 1 N–H and O–H groups in total. The number of carbonyl (C=O) groups is 2. The largest absolute Gasteiger partial charge is 0.507 e. The fraction of sp³-hybridized carbons (Fsp3) is 0.400. The molecule has 35 heavy (non-hydrogen) atoms. The zero-order chi connectivity index (χ0) is 24.7. The summed E-state index contributed by atoms with van der Waals surface area (Å²) >= 11 is 0. The number of halogens is 1. The average molecular weight is 483 g/mol. The van der Waals surface area contributed by atoms with E-state index >= 15 is 0 Å². The van der Waals surface area contributed by atoms with Gasteiger partial charge in [0.2, 0.25) is 5.91 Å². The van der Waals surface area contributed by atoms with Crippen molar-refractivity contribution in [3.05, 3.63) is 47.8 Å². The molecule has 2 saturated heterocycles. The number of nitrogens with zero attached hydrogens (tertiary/aromatic N) is 4. The third-order valence-electron chi connectivity index (χ3n) is 6.77. The number of carbonyl (C=O) groups excluding carboxylic acids is 2. The van der Waals surface area contributed by atoms with E-state index in [1.165, 1.54) is 24.3 Å². The topological polar surface area (TPSA) is 95.4 Å². The quantitative estimate of drug-likeness (QED) is 0.669. The van der Waals surface area contributed by atoms with Crippen LogP contribution in [0.2, 0.25) is 0 Å². The molecule has 2 fully saturated rings. The van der Waals surface area contributed by atoms with Crippen molar-refractivity contribution < 1.29 is 28.6 Å². The number of aromatic hydroxyl groups is 1. The van der Waals surface area contributed by atoms with E-state index in [9.17, 15) is 19.1 Å². The van der Waals surface area contributed by atoms with Crippen molar-refractivity contribution in [3.63, 3.8) is 0 Å². The van der Waals surface area contributed by atoms with Crippen molar-refractivity contribution in [2.24, 2.45) is 0 Å². The Hall–Kier alpha value is -3.66. The third-order valence-corrected chi connectivity index (χ3v) is 6.77. The Morgan fingerprint density at radius 1 is 1.23 bits per heavy atom. The minimum absolute atomic E-state index is 0.0388. The van der Waals surface area contributed by atoms with E-state index in [1.807, 2.05) is 4.90 Å². The summed E-state index contributed by atoms with van der Waals surface area (Å²) in [5, 5.41) is 10.5. The van der Waals surface area contributed by atoms with E-state index in [2.05, 4.69) is 6.58 Å². The van der Waals surface area contributed by atoms with Gasteiger partial charge < -0.3 is 29.3 Å². The van der Waals surface area contributed by atoms with Crippen LogP contribution in [0.5, 0.6) is 11.5 Å². The highest BCUT2D eigenvalue weighted by molar-refractivity contribution is 6.04. The molecule has 0 radical (unpaired) electrons. The normalized spacial score (nSPS) is 20.0. The number of ether oxygens (including phenoxy) is 2. The van der Waals surface area contributed by atoms with Crippen LogP contribution in [0.15, 0.2) is 30.9 Å². The molecule has 0 spiro atoms. The number of piperazine rings is 1. The van der Waals surface area contributed by atoms with E-state index in [-0.39, 0.29) is 41.5 Å². The highest BCUT2D eigenvalue weighted by Gasteiger charge is 2.40. The molecule has 1 atom stereocenters. The molecule has 10 heteroatoms. The molecule has 4 heterocycles. The Bertz CT molecular complexity index is 1180. The first-order valence-electron chi connectivity index (χ1n) is 11.6. The van der Waals surface area contributed by atoms with Crippen LogP contribution < -0.4 is 9.64 Å². The van der Waals surface area contributed by atoms with Gasteiger partial charge in [-0.25, -0.2) is 9.37 Å². The van der Waals surface area contributed by atoms with Gasteiger partial charge in [-0.3, -0.25) is 9.59 Å². The van der Waals surface area contributed by atoms with E-state index in [4.69, 9.17) is 14.5 Å². The summed E-state index contributed by atoms with van der Waals surface area (Å²) in [5.74, 6) is -0.603. The van der Waals surface area contributed by atoms with Gasteiger partial charge in [0.25, 0.3) is 5.91 Å².